The Kier molecular flexibility index (Phi) is 8.49. The van der Waals surface area contributed by atoms with Crippen molar-refractivity contribution in [1.29, 1.82) is 0 Å². The maximum absolute atomic E-state index is 10.7. The van der Waals surface area contributed by atoms with Gasteiger partial charge in [0, 0.05) is 5.39 Å². The van der Waals surface area contributed by atoms with E-state index in [1.54, 1.807) is 12.1 Å². The Morgan fingerprint density at radius 3 is 2.43 bits per heavy atom. The Balaban J connectivity index is 2.19. The first-order valence-corrected chi connectivity index (χ1v) is 10.1. The van der Waals surface area contributed by atoms with Gasteiger partial charge in [-0.05, 0) is 53.8 Å². The second kappa shape index (κ2) is 10.8. The molecule has 0 heterocycles. The second-order valence-electron chi connectivity index (χ2n) is 7.13. The van der Waals surface area contributed by atoms with Crippen LogP contribution in [0.2, 0.25) is 0 Å². The van der Waals surface area contributed by atoms with E-state index in [4.69, 9.17) is 0 Å². The normalized spacial score (nSPS) is 13.7. The Bertz CT molecular complexity index is 861. The lowest BCUT2D eigenvalue weighted by Crippen LogP contribution is -2.13. The average Bonchev–Trinajstić information content (AvgIpc) is 2.71. The Labute approximate surface area is 168 Å². The van der Waals surface area contributed by atoms with Crippen molar-refractivity contribution in [3.63, 3.8) is 0 Å². The predicted octanol–water partition coefficient (Wildman–Crippen LogP) is 5.75. The van der Waals surface area contributed by atoms with Gasteiger partial charge in [-0.1, -0.05) is 74.9 Å². The van der Waals surface area contributed by atoms with Crippen LogP contribution >= 0.6 is 0 Å². The van der Waals surface area contributed by atoms with Crippen LogP contribution in [0.1, 0.15) is 51.5 Å². The first-order chi connectivity index (χ1) is 13.5. The molecule has 150 valence electrons. The molecule has 0 spiro atoms. The van der Waals surface area contributed by atoms with Crippen LogP contribution in [0.15, 0.2) is 65.8 Å². The highest BCUT2D eigenvalue weighted by atomic mass is 16.3. The zero-order valence-electron chi connectivity index (χ0n) is 17.0. The van der Waals surface area contributed by atoms with Gasteiger partial charge in [-0.3, -0.25) is 0 Å². The summed E-state index contributed by atoms with van der Waals surface area (Å²) in [6.45, 7) is 8.16. The van der Waals surface area contributed by atoms with Crippen LogP contribution in [0.25, 0.3) is 16.8 Å². The van der Waals surface area contributed by atoms with Gasteiger partial charge in [-0.15, -0.1) is 0 Å². The van der Waals surface area contributed by atoms with Crippen molar-refractivity contribution in [2.24, 2.45) is 0 Å². The molecule has 1 unspecified atom stereocenters. The van der Waals surface area contributed by atoms with Crippen LogP contribution in [0.3, 0.4) is 0 Å². The fraction of sp³-hybridized carbons (Fsp3) is 0.360. The summed E-state index contributed by atoms with van der Waals surface area (Å²) >= 11 is 0. The van der Waals surface area contributed by atoms with E-state index in [-0.39, 0.29) is 12.4 Å². The van der Waals surface area contributed by atoms with Crippen LogP contribution in [0.5, 0.6) is 5.75 Å². The first-order valence-electron chi connectivity index (χ1n) is 10.1. The van der Waals surface area contributed by atoms with Gasteiger partial charge in [0.2, 0.25) is 0 Å². The number of fused-ring (bicyclic) bond motifs is 1. The van der Waals surface area contributed by atoms with Gasteiger partial charge in [0.25, 0.3) is 0 Å². The Hall–Kier alpha value is -2.36. The number of hydrogen-bond donors (Lipinski definition) is 3. The van der Waals surface area contributed by atoms with Gasteiger partial charge in [-0.2, -0.15) is 0 Å². The smallest absolute Gasteiger partial charge is 0.123 e. The molecule has 2 aromatic carbocycles. The predicted molar refractivity (Wildman–Crippen MR) is 118 cm³/mol. The highest BCUT2D eigenvalue weighted by Gasteiger charge is 2.14. The maximum atomic E-state index is 10.7. The van der Waals surface area contributed by atoms with Crippen molar-refractivity contribution in [2.75, 3.05) is 6.61 Å². The molecule has 0 radical (unpaired) electrons. The molecule has 0 saturated carbocycles. The van der Waals surface area contributed by atoms with E-state index >= 15 is 0 Å². The number of phenols is 1. The Morgan fingerprint density at radius 1 is 1.07 bits per heavy atom. The van der Waals surface area contributed by atoms with Crippen LogP contribution in [-0.4, -0.2) is 28.0 Å². The maximum Gasteiger partial charge on any atom is 0.123 e. The quantitative estimate of drug-likeness (QED) is 0.460. The zero-order valence-corrected chi connectivity index (χ0v) is 17.0. The molecule has 0 fully saturated rings. The molecule has 0 aliphatic rings. The van der Waals surface area contributed by atoms with E-state index in [2.05, 4.69) is 26.5 Å². The van der Waals surface area contributed by atoms with Crippen molar-refractivity contribution < 1.29 is 15.3 Å². The number of aliphatic hydroxyl groups excluding tert-OH is 2. The number of benzene rings is 2. The summed E-state index contributed by atoms with van der Waals surface area (Å²) in [6, 6.07) is 11.5. The minimum atomic E-state index is -0.627. The van der Waals surface area contributed by atoms with E-state index in [1.165, 1.54) is 5.57 Å². The van der Waals surface area contributed by atoms with E-state index in [1.807, 2.05) is 30.3 Å². The van der Waals surface area contributed by atoms with Gasteiger partial charge < -0.3 is 15.3 Å². The van der Waals surface area contributed by atoms with Crippen LogP contribution in [0, 0.1) is 0 Å². The molecule has 0 aromatic heterocycles. The van der Waals surface area contributed by atoms with Crippen LogP contribution < -0.4 is 0 Å². The molecule has 0 aliphatic heterocycles. The standard InChI is InChI=1S/C25H32O3/c1-4-8-18(3)21(15-16-26)24(27)13-11-19(5-2)17-20-12-14-25(28)23-10-7-6-9-22(20)23/h6-7,9-10,12,14-15,17,24,26-28H,3-5,8,11,13,16H2,1-2H3/b19-17+,21-15-. The van der Waals surface area contributed by atoms with Gasteiger partial charge in [0.15, 0.2) is 0 Å². The number of allylic oxidation sites excluding steroid dienone is 1. The summed E-state index contributed by atoms with van der Waals surface area (Å²) in [5, 5.41) is 31.9. The van der Waals surface area contributed by atoms with E-state index < -0.39 is 6.10 Å². The number of aromatic hydroxyl groups is 1. The lowest BCUT2D eigenvalue weighted by molar-refractivity contribution is 0.200. The molecule has 3 nitrogen and oxygen atoms in total. The van der Waals surface area contributed by atoms with Crippen molar-refractivity contribution >= 4 is 16.8 Å². The number of rotatable bonds is 10. The van der Waals surface area contributed by atoms with E-state index in [9.17, 15) is 15.3 Å². The van der Waals surface area contributed by atoms with Gasteiger partial charge in [0.05, 0.1) is 12.7 Å². The first kappa shape index (κ1) is 21.9. The fourth-order valence-electron chi connectivity index (χ4n) is 3.54. The van der Waals surface area contributed by atoms with Crippen molar-refractivity contribution in [2.45, 2.75) is 52.1 Å². The molecular formula is C25H32O3. The molecule has 3 N–H and O–H groups in total. The van der Waals surface area contributed by atoms with Crippen molar-refractivity contribution in [1.82, 2.24) is 0 Å². The third kappa shape index (κ3) is 5.57. The SMILES string of the molecule is C=C(CCC)/C(=C/CO)C(O)CC/C(=C/c1ccc(O)c2ccccc12)CC. The molecule has 0 amide bonds. The molecule has 2 aromatic rings. The monoisotopic (exact) mass is 380 g/mol. The zero-order chi connectivity index (χ0) is 20.5. The lowest BCUT2D eigenvalue weighted by Gasteiger charge is -2.18. The minimum Gasteiger partial charge on any atom is -0.507 e. The van der Waals surface area contributed by atoms with Gasteiger partial charge in [0.1, 0.15) is 5.75 Å². The summed E-state index contributed by atoms with van der Waals surface area (Å²) < 4.78 is 0. The number of phenolic OH excluding ortho intramolecular Hbond substituents is 1. The van der Waals surface area contributed by atoms with Crippen molar-refractivity contribution in [3.05, 3.63) is 71.3 Å². The fourth-order valence-corrected chi connectivity index (χ4v) is 3.54. The third-order valence-electron chi connectivity index (χ3n) is 5.12. The highest BCUT2D eigenvalue weighted by Crippen LogP contribution is 2.30. The summed E-state index contributed by atoms with van der Waals surface area (Å²) in [6.07, 6.45) is 7.21. The molecule has 0 bridgehead atoms. The van der Waals surface area contributed by atoms with Gasteiger partial charge >= 0.3 is 0 Å². The molecule has 2 rings (SSSR count). The number of aliphatic hydroxyl groups is 2. The van der Waals surface area contributed by atoms with Crippen molar-refractivity contribution in [3.8, 4) is 5.75 Å². The summed E-state index contributed by atoms with van der Waals surface area (Å²) in [7, 11) is 0. The largest absolute Gasteiger partial charge is 0.507 e. The molecule has 1 atom stereocenters. The molecular weight excluding hydrogens is 348 g/mol. The lowest BCUT2D eigenvalue weighted by atomic mass is 9.92. The Morgan fingerprint density at radius 2 is 1.79 bits per heavy atom. The summed E-state index contributed by atoms with van der Waals surface area (Å²) in [5.41, 5.74) is 3.96. The summed E-state index contributed by atoms with van der Waals surface area (Å²) in [5.74, 6) is 0.287. The average molecular weight is 381 g/mol. The topological polar surface area (TPSA) is 60.7 Å². The van der Waals surface area contributed by atoms with E-state index in [0.29, 0.717) is 6.42 Å². The highest BCUT2D eigenvalue weighted by molar-refractivity contribution is 5.94. The van der Waals surface area contributed by atoms with E-state index in [0.717, 1.165) is 53.2 Å². The minimum absolute atomic E-state index is 0.0922. The third-order valence-corrected chi connectivity index (χ3v) is 5.12. The van der Waals surface area contributed by atoms with Gasteiger partial charge in [-0.25, -0.2) is 0 Å². The molecule has 3 heteroatoms. The van der Waals surface area contributed by atoms with Crippen LogP contribution in [-0.2, 0) is 0 Å². The van der Waals surface area contributed by atoms with Crippen LogP contribution in [0.4, 0.5) is 0 Å². The molecule has 28 heavy (non-hydrogen) atoms. The summed E-state index contributed by atoms with van der Waals surface area (Å²) in [4.78, 5) is 0. The second-order valence-corrected chi connectivity index (χ2v) is 7.13. The number of hydrogen-bond acceptors (Lipinski definition) is 3. The molecule has 0 saturated heterocycles. The molecule has 0 aliphatic carbocycles.